The molecule has 0 bridgehead atoms. The van der Waals surface area contributed by atoms with Crippen molar-refractivity contribution in [2.75, 3.05) is 25.1 Å². The standard InChI is InChI=1S/C14H20FNOS/c1-10-7-11(15)3-4-13(10)14(17)8-16(2)12-5-6-18-9-12/h3-4,7,12,14,17H,5-6,8-9H2,1-2H3. The van der Waals surface area contributed by atoms with Crippen LogP contribution in [0.25, 0.3) is 0 Å². The largest absolute Gasteiger partial charge is 0.387 e. The maximum absolute atomic E-state index is 13.0. The number of hydrogen-bond acceptors (Lipinski definition) is 3. The molecule has 0 radical (unpaired) electrons. The Labute approximate surface area is 112 Å². The Morgan fingerprint density at radius 1 is 1.56 bits per heavy atom. The van der Waals surface area contributed by atoms with Crippen LogP contribution in [0.2, 0.25) is 0 Å². The monoisotopic (exact) mass is 269 g/mol. The van der Waals surface area contributed by atoms with Crippen LogP contribution in [-0.4, -0.2) is 41.1 Å². The molecule has 0 spiro atoms. The second-order valence-electron chi connectivity index (χ2n) is 4.97. The topological polar surface area (TPSA) is 23.5 Å². The van der Waals surface area contributed by atoms with Crippen molar-refractivity contribution in [2.45, 2.75) is 25.5 Å². The summed E-state index contributed by atoms with van der Waals surface area (Å²) in [5.41, 5.74) is 1.64. The maximum Gasteiger partial charge on any atom is 0.123 e. The first-order chi connectivity index (χ1) is 8.58. The van der Waals surface area contributed by atoms with Gasteiger partial charge in [0.1, 0.15) is 5.82 Å². The highest BCUT2D eigenvalue weighted by atomic mass is 32.2. The summed E-state index contributed by atoms with van der Waals surface area (Å²) < 4.78 is 13.0. The van der Waals surface area contributed by atoms with Crippen LogP contribution in [0.15, 0.2) is 18.2 Å². The molecule has 0 amide bonds. The Hall–Kier alpha value is -0.580. The van der Waals surface area contributed by atoms with Gasteiger partial charge in [-0.2, -0.15) is 11.8 Å². The van der Waals surface area contributed by atoms with Gasteiger partial charge in [-0.05, 0) is 49.4 Å². The highest BCUT2D eigenvalue weighted by Crippen LogP contribution is 2.24. The molecular formula is C14H20FNOS. The van der Waals surface area contributed by atoms with Crippen molar-refractivity contribution >= 4 is 11.8 Å². The van der Waals surface area contributed by atoms with Gasteiger partial charge in [-0.1, -0.05) is 6.07 Å². The minimum atomic E-state index is -0.541. The first-order valence-corrected chi connectivity index (χ1v) is 7.45. The Morgan fingerprint density at radius 3 is 2.94 bits per heavy atom. The van der Waals surface area contributed by atoms with Gasteiger partial charge >= 0.3 is 0 Å². The van der Waals surface area contributed by atoms with Crippen LogP contribution in [0.1, 0.15) is 23.7 Å². The molecule has 0 saturated carbocycles. The highest BCUT2D eigenvalue weighted by Gasteiger charge is 2.22. The zero-order chi connectivity index (χ0) is 13.1. The molecule has 2 rings (SSSR count). The fourth-order valence-electron chi connectivity index (χ4n) is 2.40. The second kappa shape index (κ2) is 6.04. The van der Waals surface area contributed by atoms with Gasteiger partial charge in [-0.3, -0.25) is 4.90 Å². The van der Waals surface area contributed by atoms with Crippen LogP contribution >= 0.6 is 11.8 Å². The summed E-state index contributed by atoms with van der Waals surface area (Å²) in [5.74, 6) is 2.11. The third-order valence-electron chi connectivity index (χ3n) is 3.58. The number of thioether (sulfide) groups is 1. The molecule has 1 aliphatic rings. The number of benzene rings is 1. The van der Waals surface area contributed by atoms with Gasteiger partial charge in [0.25, 0.3) is 0 Å². The average Bonchev–Trinajstić information content (AvgIpc) is 2.81. The average molecular weight is 269 g/mol. The number of aliphatic hydroxyl groups is 1. The number of likely N-dealkylation sites (N-methyl/N-ethyl adjacent to an activating group) is 1. The van der Waals surface area contributed by atoms with Crippen molar-refractivity contribution in [1.82, 2.24) is 4.90 Å². The molecule has 0 aliphatic carbocycles. The van der Waals surface area contributed by atoms with E-state index in [4.69, 9.17) is 0 Å². The van der Waals surface area contributed by atoms with E-state index in [1.165, 1.54) is 24.3 Å². The number of halogens is 1. The van der Waals surface area contributed by atoms with Gasteiger partial charge < -0.3 is 5.11 Å². The van der Waals surface area contributed by atoms with Gasteiger partial charge in [0.2, 0.25) is 0 Å². The van der Waals surface area contributed by atoms with E-state index in [9.17, 15) is 9.50 Å². The molecular weight excluding hydrogens is 249 g/mol. The van der Waals surface area contributed by atoms with Gasteiger partial charge in [0.15, 0.2) is 0 Å². The van der Waals surface area contributed by atoms with Crippen molar-refractivity contribution in [1.29, 1.82) is 0 Å². The molecule has 4 heteroatoms. The van der Waals surface area contributed by atoms with Gasteiger partial charge in [-0.25, -0.2) is 4.39 Å². The van der Waals surface area contributed by atoms with E-state index in [-0.39, 0.29) is 5.82 Å². The number of rotatable bonds is 4. The number of aryl methyl sites for hydroxylation is 1. The summed E-state index contributed by atoms with van der Waals surface area (Å²) in [5, 5.41) is 10.3. The first kappa shape index (κ1) is 13.8. The Morgan fingerprint density at radius 2 is 2.33 bits per heavy atom. The smallest absolute Gasteiger partial charge is 0.123 e. The Kier molecular flexibility index (Phi) is 4.65. The SMILES string of the molecule is Cc1cc(F)ccc1C(O)CN(C)C1CCSC1. The van der Waals surface area contributed by atoms with Crippen molar-refractivity contribution < 1.29 is 9.50 Å². The van der Waals surface area contributed by atoms with Crippen LogP contribution in [0.4, 0.5) is 4.39 Å². The molecule has 18 heavy (non-hydrogen) atoms. The van der Waals surface area contributed by atoms with Crippen molar-refractivity contribution in [3.05, 3.63) is 35.1 Å². The molecule has 0 aromatic heterocycles. The summed E-state index contributed by atoms with van der Waals surface area (Å²) in [6, 6.07) is 5.14. The summed E-state index contributed by atoms with van der Waals surface area (Å²) in [6.07, 6.45) is 0.650. The van der Waals surface area contributed by atoms with Gasteiger partial charge in [0.05, 0.1) is 6.10 Å². The molecule has 2 nitrogen and oxygen atoms in total. The predicted octanol–water partition coefficient (Wildman–Crippen LogP) is 2.60. The Balaban J connectivity index is 2.00. The van der Waals surface area contributed by atoms with Crippen LogP contribution in [-0.2, 0) is 0 Å². The molecule has 1 N–H and O–H groups in total. The second-order valence-corrected chi connectivity index (χ2v) is 6.12. The fourth-order valence-corrected chi connectivity index (χ4v) is 3.70. The number of nitrogens with zero attached hydrogens (tertiary/aromatic N) is 1. The van der Waals surface area contributed by atoms with E-state index in [2.05, 4.69) is 11.9 Å². The zero-order valence-electron chi connectivity index (χ0n) is 10.9. The normalized spacial score (nSPS) is 21.5. The van der Waals surface area contributed by atoms with E-state index in [1.54, 1.807) is 6.07 Å². The lowest BCUT2D eigenvalue weighted by Crippen LogP contribution is -2.35. The third kappa shape index (κ3) is 3.25. The van der Waals surface area contributed by atoms with E-state index >= 15 is 0 Å². The fraction of sp³-hybridized carbons (Fsp3) is 0.571. The minimum absolute atomic E-state index is 0.246. The van der Waals surface area contributed by atoms with Crippen LogP contribution < -0.4 is 0 Å². The molecule has 1 fully saturated rings. The highest BCUT2D eigenvalue weighted by molar-refractivity contribution is 7.99. The summed E-state index contributed by atoms with van der Waals surface area (Å²) in [4.78, 5) is 2.22. The molecule has 1 aliphatic heterocycles. The zero-order valence-corrected chi connectivity index (χ0v) is 11.7. The van der Waals surface area contributed by atoms with Crippen LogP contribution in [0.5, 0.6) is 0 Å². The van der Waals surface area contributed by atoms with Gasteiger partial charge in [-0.15, -0.1) is 0 Å². The van der Waals surface area contributed by atoms with E-state index in [0.29, 0.717) is 12.6 Å². The first-order valence-electron chi connectivity index (χ1n) is 6.30. The lowest BCUT2D eigenvalue weighted by Gasteiger charge is -2.26. The van der Waals surface area contributed by atoms with Gasteiger partial charge in [0, 0.05) is 18.3 Å². The summed E-state index contributed by atoms with van der Waals surface area (Å²) in [7, 11) is 2.05. The Bertz CT molecular complexity index is 407. The molecule has 100 valence electrons. The quantitative estimate of drug-likeness (QED) is 0.909. The summed E-state index contributed by atoms with van der Waals surface area (Å²) in [6.45, 7) is 2.45. The lowest BCUT2D eigenvalue weighted by molar-refractivity contribution is 0.109. The van der Waals surface area contributed by atoms with E-state index in [1.807, 2.05) is 18.7 Å². The van der Waals surface area contributed by atoms with E-state index in [0.717, 1.165) is 16.9 Å². The van der Waals surface area contributed by atoms with Crippen LogP contribution in [0, 0.1) is 12.7 Å². The summed E-state index contributed by atoms with van der Waals surface area (Å²) >= 11 is 1.97. The molecule has 2 unspecified atom stereocenters. The van der Waals surface area contributed by atoms with Crippen molar-refractivity contribution in [3.63, 3.8) is 0 Å². The lowest BCUT2D eigenvalue weighted by atomic mass is 10.0. The third-order valence-corrected chi connectivity index (χ3v) is 4.73. The van der Waals surface area contributed by atoms with Crippen LogP contribution in [0.3, 0.4) is 0 Å². The molecule has 1 aromatic rings. The predicted molar refractivity (Wildman–Crippen MR) is 74.5 cm³/mol. The molecule has 1 aromatic carbocycles. The molecule has 2 atom stereocenters. The van der Waals surface area contributed by atoms with Crippen molar-refractivity contribution in [3.8, 4) is 0 Å². The molecule has 1 saturated heterocycles. The maximum atomic E-state index is 13.0. The number of aliphatic hydroxyl groups excluding tert-OH is 1. The number of hydrogen-bond donors (Lipinski definition) is 1. The molecule has 1 heterocycles. The van der Waals surface area contributed by atoms with Crippen molar-refractivity contribution in [2.24, 2.45) is 0 Å². The van der Waals surface area contributed by atoms with E-state index < -0.39 is 6.10 Å². The minimum Gasteiger partial charge on any atom is -0.387 e.